The van der Waals surface area contributed by atoms with Gasteiger partial charge in [-0.1, -0.05) is 18.2 Å². The number of amides is 1. The summed E-state index contributed by atoms with van der Waals surface area (Å²) in [6, 6.07) is 7.18. The van der Waals surface area contributed by atoms with Crippen molar-refractivity contribution in [1.82, 2.24) is 0 Å². The molecule has 1 aromatic heterocycles. The van der Waals surface area contributed by atoms with Crippen LogP contribution in [-0.4, -0.2) is 44.5 Å². The van der Waals surface area contributed by atoms with E-state index in [1.165, 1.54) is 13.0 Å². The maximum absolute atomic E-state index is 12.6. The van der Waals surface area contributed by atoms with Gasteiger partial charge in [-0.05, 0) is 38.5 Å². The van der Waals surface area contributed by atoms with Gasteiger partial charge in [0.15, 0.2) is 9.84 Å². The minimum absolute atomic E-state index is 0.162. The highest BCUT2D eigenvalue weighted by molar-refractivity contribution is 7.92. The zero-order valence-corrected chi connectivity index (χ0v) is 18.8. The van der Waals surface area contributed by atoms with Crippen LogP contribution in [0.2, 0.25) is 0 Å². The van der Waals surface area contributed by atoms with Gasteiger partial charge in [0.2, 0.25) is 5.91 Å². The molecule has 0 bridgehead atoms. The van der Waals surface area contributed by atoms with Crippen LogP contribution < -0.4 is 10.1 Å². The molecule has 7 nitrogen and oxygen atoms in total. The Kier molecular flexibility index (Phi) is 8.19. The van der Waals surface area contributed by atoms with E-state index in [4.69, 9.17) is 9.47 Å². The first-order valence-corrected chi connectivity index (χ1v) is 12.0. The monoisotopic (exact) mass is 451 g/mol. The number of anilines is 1. The summed E-state index contributed by atoms with van der Waals surface area (Å²) >= 11 is 1.13. The van der Waals surface area contributed by atoms with Crippen LogP contribution in [0.25, 0.3) is 11.1 Å². The third-order valence-electron chi connectivity index (χ3n) is 4.24. The molecule has 2 rings (SSSR count). The standard InChI is InChI=1S/C21H25NO6S2/c1-5-12-30(25,26)14(4)19(23)22-20-18(21(24)28-7-3)17(13-29-20)15-8-10-16(11-9-15)27-6-2/h5,8-11,13-14H,1,6-7,12H2,2-4H3,(H,22,23). The van der Waals surface area contributed by atoms with E-state index in [1.54, 1.807) is 36.6 Å². The lowest BCUT2D eigenvalue weighted by molar-refractivity contribution is -0.115. The first-order chi connectivity index (χ1) is 14.2. The second kappa shape index (κ2) is 10.4. The molecule has 0 fully saturated rings. The van der Waals surface area contributed by atoms with Gasteiger partial charge in [-0.3, -0.25) is 4.79 Å². The van der Waals surface area contributed by atoms with Gasteiger partial charge >= 0.3 is 5.97 Å². The van der Waals surface area contributed by atoms with E-state index in [-0.39, 0.29) is 22.9 Å². The van der Waals surface area contributed by atoms with Crippen molar-refractivity contribution in [3.63, 3.8) is 0 Å². The van der Waals surface area contributed by atoms with Crippen molar-refractivity contribution >= 4 is 38.1 Å². The Bertz CT molecular complexity index is 1010. The number of nitrogens with one attached hydrogen (secondary N) is 1. The van der Waals surface area contributed by atoms with Gasteiger partial charge in [-0.15, -0.1) is 17.9 Å². The summed E-state index contributed by atoms with van der Waals surface area (Å²) in [4.78, 5) is 25.2. The Morgan fingerprint density at radius 1 is 1.20 bits per heavy atom. The number of carbonyl (C=O) groups is 2. The fraction of sp³-hybridized carbons (Fsp3) is 0.333. The normalized spacial score (nSPS) is 12.1. The number of sulfone groups is 1. The Morgan fingerprint density at radius 2 is 1.87 bits per heavy atom. The van der Waals surface area contributed by atoms with E-state index in [0.29, 0.717) is 17.9 Å². The second-order valence-corrected chi connectivity index (χ2v) is 9.53. The van der Waals surface area contributed by atoms with Gasteiger partial charge in [0, 0.05) is 10.9 Å². The van der Waals surface area contributed by atoms with Crippen LogP contribution >= 0.6 is 11.3 Å². The number of esters is 1. The van der Waals surface area contributed by atoms with E-state index in [9.17, 15) is 18.0 Å². The highest BCUT2D eigenvalue weighted by Gasteiger charge is 2.29. The molecule has 0 saturated heterocycles. The lowest BCUT2D eigenvalue weighted by atomic mass is 10.0. The second-order valence-electron chi connectivity index (χ2n) is 6.28. The van der Waals surface area contributed by atoms with Crippen LogP contribution in [0.1, 0.15) is 31.1 Å². The van der Waals surface area contributed by atoms with Crippen LogP contribution in [0.5, 0.6) is 5.75 Å². The highest BCUT2D eigenvalue weighted by atomic mass is 32.2. The molecule has 1 aromatic carbocycles. The lowest BCUT2D eigenvalue weighted by Crippen LogP contribution is -2.33. The van der Waals surface area contributed by atoms with Gasteiger partial charge in [0.05, 0.1) is 19.0 Å². The minimum atomic E-state index is -3.68. The van der Waals surface area contributed by atoms with Gasteiger partial charge in [-0.2, -0.15) is 0 Å². The highest BCUT2D eigenvalue weighted by Crippen LogP contribution is 2.37. The smallest absolute Gasteiger partial charge is 0.341 e. The molecule has 2 aromatic rings. The molecule has 9 heteroatoms. The summed E-state index contributed by atoms with van der Waals surface area (Å²) in [5.41, 5.74) is 1.51. The molecule has 0 spiro atoms. The van der Waals surface area contributed by atoms with Crippen molar-refractivity contribution in [2.24, 2.45) is 0 Å². The molecule has 0 saturated carbocycles. The largest absolute Gasteiger partial charge is 0.494 e. The number of rotatable bonds is 10. The van der Waals surface area contributed by atoms with Crippen LogP contribution in [-0.2, 0) is 19.4 Å². The average molecular weight is 452 g/mol. The molecule has 30 heavy (non-hydrogen) atoms. The first kappa shape index (κ1) is 23.6. The van der Waals surface area contributed by atoms with Crippen LogP contribution in [0.4, 0.5) is 5.00 Å². The van der Waals surface area contributed by atoms with Gasteiger partial charge < -0.3 is 14.8 Å². The number of benzene rings is 1. The average Bonchev–Trinajstić information content (AvgIpc) is 3.12. The fourth-order valence-corrected chi connectivity index (χ4v) is 4.61. The summed E-state index contributed by atoms with van der Waals surface area (Å²) in [6.45, 7) is 8.98. The number of hydrogen-bond acceptors (Lipinski definition) is 7. The fourth-order valence-electron chi connectivity index (χ4n) is 2.65. The van der Waals surface area contributed by atoms with Crippen molar-refractivity contribution in [1.29, 1.82) is 0 Å². The number of hydrogen-bond donors (Lipinski definition) is 1. The third-order valence-corrected chi connectivity index (χ3v) is 7.13. The van der Waals surface area contributed by atoms with Crippen molar-refractivity contribution in [2.75, 3.05) is 24.3 Å². The summed E-state index contributed by atoms with van der Waals surface area (Å²) < 4.78 is 34.9. The van der Waals surface area contributed by atoms with Crippen LogP contribution in [0.3, 0.4) is 0 Å². The Labute approximate surface area is 180 Å². The van der Waals surface area contributed by atoms with Crippen LogP contribution in [0, 0.1) is 0 Å². The zero-order chi connectivity index (χ0) is 22.3. The number of carbonyl (C=O) groups excluding carboxylic acids is 2. The molecule has 0 aliphatic rings. The predicted octanol–water partition coefficient (Wildman–Crippen LogP) is 3.92. The van der Waals surface area contributed by atoms with Gasteiger partial charge in [0.1, 0.15) is 21.6 Å². The molecule has 162 valence electrons. The van der Waals surface area contributed by atoms with Crippen molar-refractivity contribution < 1.29 is 27.5 Å². The molecule has 1 N–H and O–H groups in total. The van der Waals surface area contributed by atoms with E-state index >= 15 is 0 Å². The molecule has 0 aliphatic carbocycles. The SMILES string of the molecule is C=CCS(=O)(=O)C(C)C(=O)Nc1scc(-c2ccc(OCC)cc2)c1C(=O)OCC. The molecule has 0 aliphatic heterocycles. The van der Waals surface area contributed by atoms with Crippen molar-refractivity contribution in [3.05, 3.63) is 47.9 Å². The summed E-state index contributed by atoms with van der Waals surface area (Å²) in [7, 11) is -3.68. The topological polar surface area (TPSA) is 98.8 Å². The van der Waals surface area contributed by atoms with E-state index in [1.807, 2.05) is 6.92 Å². The zero-order valence-electron chi connectivity index (χ0n) is 17.1. The molecule has 1 atom stereocenters. The summed E-state index contributed by atoms with van der Waals surface area (Å²) in [6.07, 6.45) is 1.23. The van der Waals surface area contributed by atoms with E-state index in [0.717, 1.165) is 16.9 Å². The lowest BCUT2D eigenvalue weighted by Gasteiger charge is -2.13. The van der Waals surface area contributed by atoms with Gasteiger partial charge in [-0.25, -0.2) is 13.2 Å². The number of ether oxygens (including phenoxy) is 2. The molecular weight excluding hydrogens is 426 g/mol. The quantitative estimate of drug-likeness (QED) is 0.434. The van der Waals surface area contributed by atoms with Crippen molar-refractivity contribution in [2.45, 2.75) is 26.0 Å². The van der Waals surface area contributed by atoms with E-state index in [2.05, 4.69) is 11.9 Å². The summed E-state index contributed by atoms with van der Waals surface area (Å²) in [5, 5.41) is 3.25. The maximum atomic E-state index is 12.6. The molecule has 0 radical (unpaired) electrons. The Balaban J connectivity index is 2.40. The van der Waals surface area contributed by atoms with Crippen LogP contribution in [0.15, 0.2) is 42.3 Å². The Hall–Kier alpha value is -2.65. The van der Waals surface area contributed by atoms with Crippen molar-refractivity contribution in [3.8, 4) is 16.9 Å². The molecule has 1 heterocycles. The molecule has 1 unspecified atom stereocenters. The summed E-state index contributed by atoms with van der Waals surface area (Å²) in [5.74, 6) is -0.931. The van der Waals surface area contributed by atoms with Gasteiger partial charge in [0.25, 0.3) is 0 Å². The Morgan fingerprint density at radius 3 is 2.43 bits per heavy atom. The van der Waals surface area contributed by atoms with E-state index < -0.39 is 27.0 Å². The first-order valence-electron chi connectivity index (χ1n) is 9.40. The number of thiophene rings is 1. The minimum Gasteiger partial charge on any atom is -0.494 e. The molecular formula is C21H25NO6S2. The predicted molar refractivity (Wildman–Crippen MR) is 119 cm³/mol. The molecule has 1 amide bonds. The third kappa shape index (κ3) is 5.48. The maximum Gasteiger partial charge on any atom is 0.341 e.